The minimum atomic E-state index is -5.29. The Morgan fingerprint density at radius 3 is 2.36 bits per heavy atom. The maximum absolute atomic E-state index is 12.3. The van der Waals surface area contributed by atoms with Crippen LogP contribution >= 0.6 is 0 Å². The number of hydrogen-bond acceptors (Lipinski definition) is 4. The summed E-state index contributed by atoms with van der Waals surface area (Å²) in [5.74, 6) is -0.466. The van der Waals surface area contributed by atoms with Gasteiger partial charge in [-0.3, -0.25) is 0 Å². The molecule has 2 rings (SSSR count). The van der Waals surface area contributed by atoms with Crippen LogP contribution in [0.5, 0.6) is 0 Å². The van der Waals surface area contributed by atoms with Crippen LogP contribution < -0.4 is 4.72 Å². The van der Waals surface area contributed by atoms with Crippen LogP contribution in [-0.4, -0.2) is 32.5 Å². The van der Waals surface area contributed by atoms with Gasteiger partial charge in [0.05, 0.1) is 0 Å². The SMILES string of the molecule is C=C(C)C(=O)OC1CC2CC1CC2CNS(=O)(=O)C(F)(F)F. The van der Waals surface area contributed by atoms with Crippen molar-refractivity contribution in [3.8, 4) is 0 Å². The fourth-order valence-corrected chi connectivity index (χ4v) is 3.87. The summed E-state index contributed by atoms with van der Waals surface area (Å²) in [6.45, 7) is 4.81. The molecule has 0 heterocycles. The molecule has 4 unspecified atom stereocenters. The van der Waals surface area contributed by atoms with Crippen LogP contribution in [0.3, 0.4) is 0 Å². The van der Waals surface area contributed by atoms with Gasteiger partial charge in [0.1, 0.15) is 6.10 Å². The molecule has 126 valence electrons. The first-order chi connectivity index (χ1) is 10.0. The molecule has 0 spiro atoms. The second kappa shape index (κ2) is 5.84. The summed E-state index contributed by atoms with van der Waals surface area (Å²) in [6.07, 6.45) is 1.61. The molecule has 2 saturated carbocycles. The van der Waals surface area contributed by atoms with E-state index in [0.29, 0.717) is 18.4 Å². The summed E-state index contributed by atoms with van der Waals surface area (Å²) in [7, 11) is -5.29. The van der Waals surface area contributed by atoms with Gasteiger partial charge in [0, 0.05) is 12.1 Å². The number of fused-ring (bicyclic) bond motifs is 2. The fourth-order valence-electron chi connectivity index (χ4n) is 3.27. The lowest BCUT2D eigenvalue weighted by molar-refractivity contribution is -0.147. The first-order valence-corrected chi connectivity index (χ1v) is 8.42. The normalized spacial score (nSPS) is 31.3. The summed E-state index contributed by atoms with van der Waals surface area (Å²) >= 11 is 0. The maximum atomic E-state index is 12.3. The molecular formula is C13H18F3NO4S. The Balaban J connectivity index is 1.86. The number of nitrogens with one attached hydrogen (secondary N) is 1. The number of carbonyl (C=O) groups is 1. The number of alkyl halides is 3. The van der Waals surface area contributed by atoms with E-state index >= 15 is 0 Å². The molecule has 0 aromatic rings. The summed E-state index contributed by atoms with van der Waals surface area (Å²) in [5, 5.41) is 0. The third-order valence-corrected chi connectivity index (χ3v) is 5.54. The van der Waals surface area contributed by atoms with Crippen molar-refractivity contribution < 1.29 is 31.1 Å². The first-order valence-electron chi connectivity index (χ1n) is 6.93. The molecule has 0 amide bonds. The van der Waals surface area contributed by atoms with Crippen molar-refractivity contribution >= 4 is 16.0 Å². The van der Waals surface area contributed by atoms with Gasteiger partial charge in [-0.25, -0.2) is 17.9 Å². The molecule has 0 aliphatic heterocycles. The first kappa shape index (κ1) is 17.3. The topological polar surface area (TPSA) is 72.5 Å². The smallest absolute Gasteiger partial charge is 0.459 e. The largest absolute Gasteiger partial charge is 0.511 e. The van der Waals surface area contributed by atoms with Gasteiger partial charge < -0.3 is 4.74 Å². The molecule has 0 aromatic heterocycles. The average Bonchev–Trinajstić information content (AvgIpc) is 2.94. The van der Waals surface area contributed by atoms with Gasteiger partial charge in [-0.1, -0.05) is 6.58 Å². The molecular weight excluding hydrogens is 323 g/mol. The van der Waals surface area contributed by atoms with Crippen LogP contribution in [0.1, 0.15) is 26.2 Å². The van der Waals surface area contributed by atoms with Crippen molar-refractivity contribution in [3.05, 3.63) is 12.2 Å². The number of carbonyl (C=O) groups excluding carboxylic acids is 1. The predicted octanol–water partition coefficient (Wildman–Crippen LogP) is 1.96. The van der Waals surface area contributed by atoms with E-state index in [1.54, 1.807) is 11.6 Å². The average molecular weight is 341 g/mol. The molecule has 0 aromatic carbocycles. The number of sulfonamides is 1. The Bertz CT molecular complexity index is 572. The third-order valence-electron chi connectivity index (χ3n) is 4.39. The zero-order valence-corrected chi connectivity index (χ0v) is 12.8. The van der Waals surface area contributed by atoms with Crippen molar-refractivity contribution in [2.24, 2.45) is 17.8 Å². The molecule has 4 atom stereocenters. The van der Waals surface area contributed by atoms with Gasteiger partial charge in [-0.2, -0.15) is 13.2 Å². The number of halogens is 3. The van der Waals surface area contributed by atoms with Crippen molar-refractivity contribution in [2.75, 3.05) is 6.54 Å². The highest BCUT2D eigenvalue weighted by molar-refractivity contribution is 7.90. The van der Waals surface area contributed by atoms with E-state index < -0.39 is 21.5 Å². The highest BCUT2D eigenvalue weighted by Crippen LogP contribution is 2.49. The lowest BCUT2D eigenvalue weighted by Gasteiger charge is -2.28. The van der Waals surface area contributed by atoms with Gasteiger partial charge in [-0.15, -0.1) is 0 Å². The standard InChI is InChI=1S/C13H18F3NO4S/c1-7(2)12(18)21-11-5-8-3-9(11)4-10(8)6-17-22(19,20)13(14,15)16/h8-11,17H,1,3-6H2,2H3. The second-order valence-electron chi connectivity index (χ2n) is 6.01. The molecule has 22 heavy (non-hydrogen) atoms. The fraction of sp³-hybridized carbons (Fsp3) is 0.769. The number of hydrogen-bond donors (Lipinski definition) is 1. The van der Waals surface area contributed by atoms with Gasteiger partial charge in [0.2, 0.25) is 0 Å². The van der Waals surface area contributed by atoms with E-state index in [4.69, 9.17) is 4.74 Å². The number of esters is 1. The zero-order valence-electron chi connectivity index (χ0n) is 12.0. The Hall–Kier alpha value is -1.09. The molecule has 2 fully saturated rings. The van der Waals surface area contributed by atoms with E-state index in [9.17, 15) is 26.4 Å². The van der Waals surface area contributed by atoms with E-state index in [0.717, 1.165) is 6.42 Å². The molecule has 2 aliphatic rings. The lowest BCUT2D eigenvalue weighted by atomic mass is 9.87. The van der Waals surface area contributed by atoms with Crippen molar-refractivity contribution in [3.63, 3.8) is 0 Å². The van der Waals surface area contributed by atoms with Crippen molar-refractivity contribution in [2.45, 2.75) is 37.8 Å². The van der Waals surface area contributed by atoms with Crippen LogP contribution in [0.2, 0.25) is 0 Å². The summed E-state index contributed by atoms with van der Waals surface area (Å²) in [4.78, 5) is 11.5. The molecule has 1 N–H and O–H groups in total. The van der Waals surface area contributed by atoms with E-state index in [1.165, 1.54) is 0 Å². The lowest BCUT2D eigenvalue weighted by Crippen LogP contribution is -2.40. The van der Waals surface area contributed by atoms with E-state index in [-0.39, 0.29) is 30.4 Å². The van der Waals surface area contributed by atoms with Crippen LogP contribution in [0.25, 0.3) is 0 Å². The number of ether oxygens (including phenoxy) is 1. The Morgan fingerprint density at radius 2 is 1.91 bits per heavy atom. The maximum Gasteiger partial charge on any atom is 0.511 e. The summed E-state index contributed by atoms with van der Waals surface area (Å²) in [6, 6.07) is 0. The molecule has 2 bridgehead atoms. The minimum Gasteiger partial charge on any atom is -0.459 e. The monoisotopic (exact) mass is 341 g/mol. The quantitative estimate of drug-likeness (QED) is 0.613. The number of rotatable bonds is 5. The third kappa shape index (κ3) is 3.45. The van der Waals surface area contributed by atoms with Crippen molar-refractivity contribution in [1.82, 2.24) is 4.72 Å². The van der Waals surface area contributed by atoms with Gasteiger partial charge >= 0.3 is 21.5 Å². The second-order valence-corrected chi connectivity index (χ2v) is 7.77. The van der Waals surface area contributed by atoms with Gasteiger partial charge in [0.25, 0.3) is 0 Å². The highest BCUT2D eigenvalue weighted by atomic mass is 32.2. The van der Waals surface area contributed by atoms with Crippen molar-refractivity contribution in [1.29, 1.82) is 0 Å². The summed E-state index contributed by atoms with van der Waals surface area (Å²) in [5.41, 5.74) is -4.98. The van der Waals surface area contributed by atoms with E-state index in [2.05, 4.69) is 6.58 Å². The van der Waals surface area contributed by atoms with Crippen LogP contribution in [0, 0.1) is 17.8 Å². The van der Waals surface area contributed by atoms with Crippen LogP contribution in [0.15, 0.2) is 12.2 Å². The molecule has 0 saturated heterocycles. The molecule has 2 aliphatic carbocycles. The van der Waals surface area contributed by atoms with Crippen LogP contribution in [0.4, 0.5) is 13.2 Å². The van der Waals surface area contributed by atoms with Crippen LogP contribution in [-0.2, 0) is 19.6 Å². The van der Waals surface area contributed by atoms with E-state index in [1.807, 2.05) is 0 Å². The Labute approximate surface area is 126 Å². The summed E-state index contributed by atoms with van der Waals surface area (Å²) < 4.78 is 65.7. The highest BCUT2D eigenvalue weighted by Gasteiger charge is 2.50. The van der Waals surface area contributed by atoms with Gasteiger partial charge in [-0.05, 0) is 43.9 Å². The zero-order chi connectivity index (χ0) is 16.7. The molecule has 9 heteroatoms. The molecule has 0 radical (unpaired) electrons. The Morgan fingerprint density at radius 1 is 1.27 bits per heavy atom. The minimum absolute atomic E-state index is 0.0730. The Kier molecular flexibility index (Phi) is 4.59. The van der Waals surface area contributed by atoms with Gasteiger partial charge in [0.15, 0.2) is 0 Å². The predicted molar refractivity (Wildman–Crippen MR) is 72.0 cm³/mol. The molecule has 5 nitrogen and oxygen atoms in total.